The number of carbonyl (C=O) groups is 1. The second kappa shape index (κ2) is 7.06. The van der Waals surface area contributed by atoms with Gasteiger partial charge >= 0.3 is 0 Å². The quantitative estimate of drug-likeness (QED) is 0.582. The smallest absolute Gasteiger partial charge is 0.230 e. The molecular weight excluding hydrogens is 441 g/mol. The first-order chi connectivity index (χ1) is 11.0. The van der Waals surface area contributed by atoms with Crippen molar-refractivity contribution in [2.45, 2.75) is 20.3 Å². The number of nitrogens with zero attached hydrogens (tertiary/aromatic N) is 2. The summed E-state index contributed by atoms with van der Waals surface area (Å²) in [5, 5.41) is 6.48. The third kappa shape index (κ3) is 4.15. The van der Waals surface area contributed by atoms with E-state index in [0.29, 0.717) is 11.6 Å². The molecule has 0 fully saturated rings. The molecule has 0 unspecified atom stereocenters. The largest absolute Gasteiger partial charge is 0.302 e. The molecule has 0 atom stereocenters. The predicted molar refractivity (Wildman–Crippen MR) is 104 cm³/mol. The summed E-state index contributed by atoms with van der Waals surface area (Å²) < 4.78 is 1.13. The number of aromatic nitrogens is 2. The summed E-state index contributed by atoms with van der Waals surface area (Å²) in [5.41, 5.74) is 2.86. The molecule has 0 aliphatic heterocycles. The van der Waals surface area contributed by atoms with Gasteiger partial charge < -0.3 is 5.32 Å². The topological polar surface area (TPSA) is 54.9 Å². The van der Waals surface area contributed by atoms with Crippen molar-refractivity contribution in [3.63, 3.8) is 0 Å². The minimum absolute atomic E-state index is 0.0508. The molecule has 0 aliphatic carbocycles. The Morgan fingerprint density at radius 1 is 1.30 bits per heavy atom. The van der Waals surface area contributed by atoms with Crippen molar-refractivity contribution in [2.24, 2.45) is 0 Å². The van der Waals surface area contributed by atoms with Crippen molar-refractivity contribution in [3.8, 4) is 10.6 Å². The number of thiazole rings is 2. The van der Waals surface area contributed by atoms with Gasteiger partial charge in [0.1, 0.15) is 0 Å². The molecule has 0 radical (unpaired) electrons. The fraction of sp³-hybridized carbons (Fsp3) is 0.188. The highest BCUT2D eigenvalue weighted by Crippen LogP contribution is 2.32. The molecule has 0 saturated carbocycles. The Balaban J connectivity index is 1.69. The molecule has 0 saturated heterocycles. The molecule has 3 aromatic rings. The summed E-state index contributed by atoms with van der Waals surface area (Å²) in [4.78, 5) is 22.1. The van der Waals surface area contributed by atoms with Gasteiger partial charge in [0.25, 0.3) is 0 Å². The van der Waals surface area contributed by atoms with Gasteiger partial charge in [0.15, 0.2) is 5.13 Å². The Morgan fingerprint density at radius 2 is 2.13 bits per heavy atom. The molecule has 23 heavy (non-hydrogen) atoms. The van der Waals surface area contributed by atoms with Crippen molar-refractivity contribution < 1.29 is 4.79 Å². The van der Waals surface area contributed by atoms with Crippen molar-refractivity contribution in [1.82, 2.24) is 9.97 Å². The van der Waals surface area contributed by atoms with Crippen LogP contribution in [0.15, 0.2) is 29.6 Å². The summed E-state index contributed by atoms with van der Waals surface area (Å²) >= 11 is 5.31. The zero-order valence-electron chi connectivity index (χ0n) is 12.6. The zero-order chi connectivity index (χ0) is 16.4. The molecular formula is C16H14IN3OS2. The molecule has 0 spiro atoms. The lowest BCUT2D eigenvalue weighted by Crippen LogP contribution is -2.14. The van der Waals surface area contributed by atoms with Crippen LogP contribution in [0.4, 0.5) is 5.13 Å². The molecule has 4 nitrogen and oxygen atoms in total. The van der Waals surface area contributed by atoms with E-state index in [2.05, 4.69) is 37.9 Å². The van der Waals surface area contributed by atoms with E-state index in [1.807, 2.05) is 43.5 Å². The SMILES string of the molecule is Cc1nc(C)c(-c2csc(NC(=O)Cc3cccc(I)c3)n2)s1. The van der Waals surface area contributed by atoms with Gasteiger partial charge in [-0.15, -0.1) is 22.7 Å². The highest BCUT2D eigenvalue weighted by molar-refractivity contribution is 14.1. The third-order valence-corrected chi connectivity index (χ3v) is 5.66. The fourth-order valence-corrected chi connectivity index (χ4v) is 4.48. The first-order valence-electron chi connectivity index (χ1n) is 6.95. The lowest BCUT2D eigenvalue weighted by Gasteiger charge is -2.02. The van der Waals surface area contributed by atoms with Crippen molar-refractivity contribution in [3.05, 3.63) is 49.5 Å². The monoisotopic (exact) mass is 455 g/mol. The number of anilines is 1. The molecule has 1 aromatic carbocycles. The molecule has 0 bridgehead atoms. The van der Waals surface area contributed by atoms with E-state index < -0.39 is 0 Å². The maximum absolute atomic E-state index is 12.2. The first kappa shape index (κ1) is 16.5. The number of nitrogens with one attached hydrogen (secondary N) is 1. The van der Waals surface area contributed by atoms with Crippen LogP contribution in [0.5, 0.6) is 0 Å². The standard InChI is InChI=1S/C16H14IN3OS2/c1-9-15(23-10(2)18-9)13-8-22-16(19-13)20-14(21)7-11-4-3-5-12(17)6-11/h3-6,8H,7H2,1-2H3,(H,19,20,21). The highest BCUT2D eigenvalue weighted by atomic mass is 127. The van der Waals surface area contributed by atoms with Gasteiger partial charge in [-0.1, -0.05) is 12.1 Å². The van der Waals surface area contributed by atoms with Crippen molar-refractivity contribution in [2.75, 3.05) is 5.32 Å². The van der Waals surface area contributed by atoms with Crippen molar-refractivity contribution >= 4 is 56.3 Å². The van der Waals surface area contributed by atoms with Gasteiger partial charge in [-0.3, -0.25) is 4.79 Å². The summed E-state index contributed by atoms with van der Waals surface area (Å²) in [5.74, 6) is -0.0508. The Hall–Kier alpha value is -1.32. The summed E-state index contributed by atoms with van der Waals surface area (Å²) in [6, 6.07) is 7.94. The molecule has 7 heteroatoms. The summed E-state index contributed by atoms with van der Waals surface area (Å²) in [6.45, 7) is 3.96. The van der Waals surface area contributed by atoms with Crippen molar-refractivity contribution in [1.29, 1.82) is 0 Å². The predicted octanol–water partition coefficient (Wildman–Crippen LogP) is 4.67. The zero-order valence-corrected chi connectivity index (χ0v) is 16.4. The number of rotatable bonds is 4. The minimum Gasteiger partial charge on any atom is -0.302 e. The van der Waals surface area contributed by atoms with Crippen LogP contribution in [0.3, 0.4) is 0 Å². The number of carbonyl (C=O) groups excluding carboxylic acids is 1. The Kier molecular flexibility index (Phi) is 5.08. The van der Waals surface area contributed by atoms with Crippen LogP contribution in [-0.4, -0.2) is 15.9 Å². The normalized spacial score (nSPS) is 10.7. The highest BCUT2D eigenvalue weighted by Gasteiger charge is 2.13. The molecule has 2 heterocycles. The van der Waals surface area contributed by atoms with Gasteiger partial charge in [0.05, 0.1) is 27.7 Å². The minimum atomic E-state index is -0.0508. The van der Waals surface area contributed by atoms with Gasteiger partial charge in [-0.25, -0.2) is 9.97 Å². The number of halogens is 1. The fourth-order valence-electron chi connectivity index (χ4n) is 2.20. The molecule has 3 rings (SSSR count). The number of benzene rings is 1. The third-order valence-electron chi connectivity index (χ3n) is 3.14. The Bertz CT molecular complexity index is 857. The lowest BCUT2D eigenvalue weighted by atomic mass is 10.1. The van der Waals surface area contributed by atoms with Crippen LogP contribution >= 0.6 is 45.3 Å². The molecule has 1 N–H and O–H groups in total. The first-order valence-corrected chi connectivity index (χ1v) is 9.73. The molecule has 1 amide bonds. The number of hydrogen-bond acceptors (Lipinski definition) is 5. The number of hydrogen-bond donors (Lipinski definition) is 1. The van der Waals surface area contributed by atoms with Crippen LogP contribution in [0, 0.1) is 17.4 Å². The molecule has 2 aromatic heterocycles. The average Bonchev–Trinajstić information content (AvgIpc) is 3.05. The van der Waals surface area contributed by atoms with Gasteiger partial charge in [0.2, 0.25) is 5.91 Å². The van der Waals surface area contributed by atoms with E-state index >= 15 is 0 Å². The molecule has 118 valence electrons. The van der Waals surface area contributed by atoms with E-state index in [1.54, 1.807) is 11.3 Å². The lowest BCUT2D eigenvalue weighted by molar-refractivity contribution is -0.115. The second-order valence-corrected chi connectivity index (χ2v) is 8.35. The Labute approximate surface area is 156 Å². The Morgan fingerprint density at radius 3 is 2.83 bits per heavy atom. The van der Waals surface area contributed by atoms with E-state index in [9.17, 15) is 4.79 Å². The van der Waals surface area contributed by atoms with E-state index in [0.717, 1.165) is 30.4 Å². The van der Waals surface area contributed by atoms with Gasteiger partial charge in [0, 0.05) is 8.95 Å². The van der Waals surface area contributed by atoms with Crippen LogP contribution in [-0.2, 0) is 11.2 Å². The van der Waals surface area contributed by atoms with E-state index in [-0.39, 0.29) is 5.91 Å². The van der Waals surface area contributed by atoms with Gasteiger partial charge in [-0.05, 0) is 54.1 Å². The number of aryl methyl sites for hydroxylation is 2. The number of amides is 1. The van der Waals surface area contributed by atoms with Crippen LogP contribution in [0.2, 0.25) is 0 Å². The molecule has 0 aliphatic rings. The van der Waals surface area contributed by atoms with Gasteiger partial charge in [-0.2, -0.15) is 0 Å². The van der Waals surface area contributed by atoms with Crippen LogP contribution < -0.4 is 5.32 Å². The maximum atomic E-state index is 12.2. The van der Waals surface area contributed by atoms with E-state index in [1.165, 1.54) is 11.3 Å². The van der Waals surface area contributed by atoms with E-state index in [4.69, 9.17) is 0 Å². The van der Waals surface area contributed by atoms with Crippen LogP contribution in [0.25, 0.3) is 10.6 Å². The maximum Gasteiger partial charge on any atom is 0.230 e. The average molecular weight is 455 g/mol. The second-order valence-electron chi connectivity index (χ2n) is 5.04. The summed E-state index contributed by atoms with van der Waals surface area (Å²) in [6.07, 6.45) is 0.352. The van der Waals surface area contributed by atoms with Crippen LogP contribution in [0.1, 0.15) is 16.3 Å². The summed E-state index contributed by atoms with van der Waals surface area (Å²) in [7, 11) is 0.